The Morgan fingerprint density at radius 1 is 1.56 bits per heavy atom. The molecular weight excluding hydrogens is 230 g/mol. The summed E-state index contributed by atoms with van der Waals surface area (Å²) in [5.74, 6) is 0.575. The minimum Gasteiger partial charge on any atom is -0.360 e. The van der Waals surface area contributed by atoms with Crippen LogP contribution < -0.4 is 10.2 Å². The summed E-state index contributed by atoms with van der Waals surface area (Å²) < 4.78 is 4.81. The van der Waals surface area contributed by atoms with Gasteiger partial charge in [0, 0.05) is 11.8 Å². The Labute approximate surface area is 94.3 Å². The zero-order valence-corrected chi connectivity index (χ0v) is 9.47. The lowest BCUT2D eigenvalue weighted by molar-refractivity contribution is 0.102. The molecule has 0 unspecified atom stereocenters. The summed E-state index contributed by atoms with van der Waals surface area (Å²) in [6.07, 6.45) is 0. The van der Waals surface area contributed by atoms with E-state index in [2.05, 4.69) is 15.5 Å². The first kappa shape index (κ1) is 10.6. The minimum atomic E-state index is -0.367. The monoisotopic (exact) mass is 239 g/mol. The molecule has 0 fully saturated rings. The number of nitrogens with one attached hydrogen (secondary N) is 2. The molecule has 2 N–H and O–H groups in total. The van der Waals surface area contributed by atoms with Crippen molar-refractivity contribution in [1.29, 1.82) is 0 Å². The summed E-state index contributed by atoms with van der Waals surface area (Å²) in [6, 6.07) is 1.60. The van der Waals surface area contributed by atoms with Crippen LogP contribution in [0.15, 0.2) is 15.4 Å². The SMILES string of the molecule is Cc1cc(NC(=O)c2sc(=O)[nH]c2C)no1. The van der Waals surface area contributed by atoms with Gasteiger partial charge in [-0.05, 0) is 13.8 Å². The second-order valence-corrected chi connectivity index (χ2v) is 4.23. The zero-order valence-electron chi connectivity index (χ0n) is 8.66. The summed E-state index contributed by atoms with van der Waals surface area (Å²) in [7, 11) is 0. The van der Waals surface area contributed by atoms with E-state index in [-0.39, 0.29) is 10.8 Å². The van der Waals surface area contributed by atoms with Gasteiger partial charge in [0.25, 0.3) is 5.91 Å². The number of aromatic nitrogens is 2. The third-order valence-corrected chi connectivity index (χ3v) is 2.88. The van der Waals surface area contributed by atoms with Gasteiger partial charge in [-0.1, -0.05) is 16.5 Å². The molecule has 16 heavy (non-hydrogen) atoms. The van der Waals surface area contributed by atoms with Crippen molar-refractivity contribution in [3.63, 3.8) is 0 Å². The average molecular weight is 239 g/mol. The van der Waals surface area contributed by atoms with Crippen molar-refractivity contribution in [3.8, 4) is 0 Å². The van der Waals surface area contributed by atoms with E-state index in [0.29, 0.717) is 22.1 Å². The third-order valence-electron chi connectivity index (χ3n) is 1.90. The highest BCUT2D eigenvalue weighted by Gasteiger charge is 2.14. The maximum Gasteiger partial charge on any atom is 0.305 e. The van der Waals surface area contributed by atoms with Crippen LogP contribution in [0.4, 0.5) is 5.82 Å². The van der Waals surface area contributed by atoms with Crippen LogP contribution in [0, 0.1) is 13.8 Å². The quantitative estimate of drug-likeness (QED) is 0.826. The number of nitrogens with zero attached hydrogens (tertiary/aromatic N) is 1. The van der Waals surface area contributed by atoms with Crippen LogP contribution in [-0.2, 0) is 0 Å². The Morgan fingerprint density at radius 3 is 2.81 bits per heavy atom. The van der Waals surface area contributed by atoms with Crippen LogP contribution in [0.25, 0.3) is 0 Å². The van der Waals surface area contributed by atoms with Crippen LogP contribution in [0.1, 0.15) is 21.1 Å². The van der Waals surface area contributed by atoms with Gasteiger partial charge in [0.05, 0.1) is 0 Å². The van der Waals surface area contributed by atoms with Gasteiger partial charge in [0.15, 0.2) is 5.82 Å². The molecule has 0 atom stereocenters. The first-order chi connectivity index (χ1) is 7.56. The number of thiazole rings is 1. The van der Waals surface area contributed by atoms with Crippen LogP contribution in [0.5, 0.6) is 0 Å². The fourth-order valence-electron chi connectivity index (χ4n) is 1.22. The molecule has 0 aliphatic heterocycles. The molecule has 0 aliphatic rings. The number of aromatic amines is 1. The third kappa shape index (κ3) is 2.03. The van der Waals surface area contributed by atoms with Gasteiger partial charge >= 0.3 is 4.87 Å². The van der Waals surface area contributed by atoms with Gasteiger partial charge in [-0.25, -0.2) is 0 Å². The Bertz CT molecular complexity index is 581. The van der Waals surface area contributed by atoms with Crippen molar-refractivity contribution in [2.75, 3.05) is 5.32 Å². The molecule has 2 aromatic rings. The van der Waals surface area contributed by atoms with Gasteiger partial charge in [0.2, 0.25) is 0 Å². The molecule has 2 heterocycles. The standard InChI is InChI=1S/C9H9N3O3S/c1-4-3-6(12-15-4)11-8(13)7-5(2)10-9(14)16-7/h3H,1-2H3,(H,10,14)(H,11,12,13). The molecule has 0 saturated carbocycles. The van der Waals surface area contributed by atoms with Crippen LogP contribution in [-0.4, -0.2) is 16.0 Å². The molecule has 2 rings (SSSR count). The lowest BCUT2D eigenvalue weighted by atomic mass is 10.3. The van der Waals surface area contributed by atoms with Crippen molar-refractivity contribution in [2.24, 2.45) is 0 Å². The number of H-pyrrole nitrogens is 1. The molecular formula is C9H9N3O3S. The maximum absolute atomic E-state index is 11.7. The second-order valence-electron chi connectivity index (χ2n) is 3.25. The zero-order chi connectivity index (χ0) is 11.7. The van der Waals surface area contributed by atoms with Crippen molar-refractivity contribution in [3.05, 3.63) is 32.1 Å². The second kappa shape index (κ2) is 3.93. The van der Waals surface area contributed by atoms with Crippen LogP contribution in [0.3, 0.4) is 0 Å². The number of hydrogen-bond donors (Lipinski definition) is 2. The molecule has 0 saturated heterocycles. The molecule has 6 nitrogen and oxygen atoms in total. The maximum atomic E-state index is 11.7. The van der Waals surface area contributed by atoms with E-state index in [1.54, 1.807) is 19.9 Å². The van der Waals surface area contributed by atoms with E-state index in [9.17, 15) is 9.59 Å². The number of hydrogen-bond acceptors (Lipinski definition) is 5. The molecule has 0 aliphatic carbocycles. The van der Waals surface area contributed by atoms with Crippen LogP contribution >= 0.6 is 11.3 Å². The summed E-state index contributed by atoms with van der Waals surface area (Å²) in [5, 5.41) is 6.17. The summed E-state index contributed by atoms with van der Waals surface area (Å²) in [4.78, 5) is 25.4. The normalized spacial score (nSPS) is 10.4. The lowest BCUT2D eigenvalue weighted by Crippen LogP contribution is -2.11. The van der Waals surface area contributed by atoms with Gasteiger partial charge in [0.1, 0.15) is 10.6 Å². The van der Waals surface area contributed by atoms with Crippen molar-refractivity contribution in [1.82, 2.24) is 10.1 Å². The molecule has 84 valence electrons. The Kier molecular flexibility index (Phi) is 2.61. The molecule has 0 aromatic carbocycles. The number of aryl methyl sites for hydroxylation is 2. The Balaban J connectivity index is 2.20. The van der Waals surface area contributed by atoms with E-state index in [1.807, 2.05) is 0 Å². The summed E-state index contributed by atoms with van der Waals surface area (Å²) in [5.41, 5.74) is 0.549. The predicted molar refractivity (Wildman–Crippen MR) is 58.9 cm³/mol. The highest BCUT2D eigenvalue weighted by atomic mass is 32.1. The highest BCUT2D eigenvalue weighted by molar-refractivity contribution is 7.11. The van der Waals surface area contributed by atoms with Crippen molar-refractivity contribution in [2.45, 2.75) is 13.8 Å². The molecule has 0 bridgehead atoms. The predicted octanol–water partition coefficient (Wildman–Crippen LogP) is 1.29. The van der Waals surface area contributed by atoms with E-state index in [4.69, 9.17) is 4.52 Å². The largest absolute Gasteiger partial charge is 0.360 e. The number of rotatable bonds is 2. The number of carbonyl (C=O) groups is 1. The van der Waals surface area contributed by atoms with E-state index in [0.717, 1.165) is 11.3 Å². The van der Waals surface area contributed by atoms with Gasteiger partial charge in [-0.2, -0.15) is 0 Å². The number of carbonyl (C=O) groups excluding carboxylic acids is 1. The first-order valence-electron chi connectivity index (χ1n) is 4.50. The Hall–Kier alpha value is -1.89. The molecule has 0 spiro atoms. The van der Waals surface area contributed by atoms with Crippen molar-refractivity contribution < 1.29 is 9.32 Å². The van der Waals surface area contributed by atoms with Gasteiger partial charge in [-0.15, -0.1) is 0 Å². The fraction of sp³-hybridized carbons (Fsp3) is 0.222. The molecule has 2 aromatic heterocycles. The fourth-order valence-corrected chi connectivity index (χ4v) is 1.96. The van der Waals surface area contributed by atoms with Crippen molar-refractivity contribution >= 4 is 23.1 Å². The summed E-state index contributed by atoms with van der Waals surface area (Å²) >= 11 is 0.867. The number of amides is 1. The summed E-state index contributed by atoms with van der Waals surface area (Å²) in [6.45, 7) is 3.39. The van der Waals surface area contributed by atoms with E-state index < -0.39 is 0 Å². The topological polar surface area (TPSA) is 88.0 Å². The molecule has 0 radical (unpaired) electrons. The molecule has 7 heteroatoms. The minimum absolute atomic E-state index is 0.251. The van der Waals surface area contributed by atoms with E-state index in [1.165, 1.54) is 0 Å². The lowest BCUT2D eigenvalue weighted by Gasteiger charge is -1.97. The van der Waals surface area contributed by atoms with Crippen LogP contribution in [0.2, 0.25) is 0 Å². The average Bonchev–Trinajstić information content (AvgIpc) is 2.73. The Morgan fingerprint density at radius 2 is 2.31 bits per heavy atom. The van der Waals surface area contributed by atoms with Gasteiger partial charge < -0.3 is 14.8 Å². The van der Waals surface area contributed by atoms with Gasteiger partial charge in [-0.3, -0.25) is 9.59 Å². The highest BCUT2D eigenvalue weighted by Crippen LogP contribution is 2.12. The van der Waals surface area contributed by atoms with E-state index >= 15 is 0 Å². The number of anilines is 1. The first-order valence-corrected chi connectivity index (χ1v) is 5.32. The smallest absolute Gasteiger partial charge is 0.305 e. The molecule has 1 amide bonds.